The lowest BCUT2D eigenvalue weighted by Crippen LogP contribution is -2.36. The monoisotopic (exact) mass is 418 g/mol. The van der Waals surface area contributed by atoms with Gasteiger partial charge in [-0.3, -0.25) is 9.59 Å². The number of rotatable bonds is 6. The van der Waals surface area contributed by atoms with E-state index in [9.17, 15) is 9.59 Å². The largest absolute Gasteiger partial charge is 0.344 e. The van der Waals surface area contributed by atoms with Crippen molar-refractivity contribution >= 4 is 29.2 Å². The van der Waals surface area contributed by atoms with E-state index in [1.165, 1.54) is 11.3 Å². The van der Waals surface area contributed by atoms with Gasteiger partial charge in [0.05, 0.1) is 6.04 Å². The molecule has 0 aliphatic heterocycles. The molecule has 0 fully saturated rings. The summed E-state index contributed by atoms with van der Waals surface area (Å²) in [6, 6.07) is 17.1. The topological polar surface area (TPSA) is 58.2 Å². The van der Waals surface area contributed by atoms with Gasteiger partial charge < -0.3 is 10.6 Å². The highest BCUT2D eigenvalue weighted by Crippen LogP contribution is 2.20. The molecule has 0 bridgehead atoms. The summed E-state index contributed by atoms with van der Waals surface area (Å²) in [6.07, 6.45) is 1.71. The number of carbonyl (C=O) groups excluding carboxylic acids is 2. The molecule has 1 heterocycles. The molecule has 0 aliphatic carbocycles. The van der Waals surface area contributed by atoms with Crippen molar-refractivity contribution in [3.8, 4) is 0 Å². The Balaban J connectivity index is 1.83. The van der Waals surface area contributed by atoms with Gasteiger partial charge in [-0.1, -0.05) is 47.5 Å². The van der Waals surface area contributed by atoms with Crippen molar-refractivity contribution in [1.82, 2.24) is 10.6 Å². The van der Waals surface area contributed by atoms with E-state index in [1.807, 2.05) is 57.3 Å². The van der Waals surface area contributed by atoms with Crippen molar-refractivity contribution in [1.29, 1.82) is 0 Å². The molecular weight excluding hydrogens is 392 g/mol. The van der Waals surface area contributed by atoms with Crippen LogP contribution in [-0.4, -0.2) is 11.8 Å². The van der Waals surface area contributed by atoms with Crippen molar-refractivity contribution < 1.29 is 9.59 Å². The summed E-state index contributed by atoms with van der Waals surface area (Å²) in [4.78, 5) is 26.7. The number of nitrogens with one attached hydrogen (secondary N) is 2. The maximum absolute atomic E-state index is 13.1. The summed E-state index contributed by atoms with van der Waals surface area (Å²) in [5.74, 6) is -0.635. The zero-order valence-electron chi connectivity index (χ0n) is 17.7. The van der Waals surface area contributed by atoms with Gasteiger partial charge in [0.15, 0.2) is 0 Å². The second-order valence-electron chi connectivity index (χ2n) is 7.45. The number of thiophene rings is 1. The van der Waals surface area contributed by atoms with Crippen molar-refractivity contribution in [3.63, 3.8) is 0 Å². The summed E-state index contributed by atoms with van der Waals surface area (Å²) >= 11 is 1.51. The fourth-order valence-corrected chi connectivity index (χ4v) is 3.81. The second kappa shape index (κ2) is 9.55. The maximum Gasteiger partial charge on any atom is 0.268 e. The molecular formula is C25H26N2O2S. The van der Waals surface area contributed by atoms with E-state index < -0.39 is 0 Å². The molecule has 3 rings (SSSR count). The quantitative estimate of drug-likeness (QED) is 0.532. The number of aryl methyl sites for hydroxylation is 3. The van der Waals surface area contributed by atoms with E-state index in [2.05, 4.69) is 28.8 Å². The zero-order chi connectivity index (χ0) is 21.7. The van der Waals surface area contributed by atoms with Crippen LogP contribution in [0.3, 0.4) is 0 Å². The van der Waals surface area contributed by atoms with E-state index in [4.69, 9.17) is 0 Å². The van der Waals surface area contributed by atoms with Crippen molar-refractivity contribution in [2.75, 3.05) is 0 Å². The Morgan fingerprint density at radius 3 is 2.33 bits per heavy atom. The number of amides is 2. The van der Waals surface area contributed by atoms with Crippen LogP contribution in [0.15, 0.2) is 65.7 Å². The van der Waals surface area contributed by atoms with E-state index in [1.54, 1.807) is 18.2 Å². The standard InChI is InChI=1S/C25H26N2O2S/c1-16-8-11-20(12-9-16)24(28)27-23(15-21-6-5-13-30-21)25(29)26-19(4)22-14-17(2)7-10-18(22)3/h5-15,19H,1-4H3,(H,26,29)(H,27,28)/b23-15-. The van der Waals surface area contributed by atoms with Gasteiger partial charge in [-0.05, 0) is 68.5 Å². The first-order valence-electron chi connectivity index (χ1n) is 9.84. The highest BCUT2D eigenvalue weighted by Gasteiger charge is 2.18. The third-order valence-electron chi connectivity index (χ3n) is 4.89. The van der Waals surface area contributed by atoms with Crippen LogP contribution in [0.4, 0.5) is 0 Å². The minimum Gasteiger partial charge on any atom is -0.344 e. The molecule has 0 spiro atoms. The number of hydrogen-bond donors (Lipinski definition) is 2. The summed E-state index contributed by atoms with van der Waals surface area (Å²) in [7, 11) is 0. The van der Waals surface area contributed by atoms with Crippen LogP contribution < -0.4 is 10.6 Å². The Bertz CT molecular complexity index is 1070. The fraction of sp³-hybridized carbons (Fsp3) is 0.200. The molecule has 5 heteroatoms. The molecule has 0 aliphatic rings. The Hall–Kier alpha value is -3.18. The lowest BCUT2D eigenvalue weighted by atomic mass is 10.00. The maximum atomic E-state index is 13.1. The minimum atomic E-state index is -0.322. The van der Waals surface area contributed by atoms with Crippen LogP contribution in [0.1, 0.15) is 50.5 Å². The van der Waals surface area contributed by atoms with Crippen molar-refractivity contribution in [2.24, 2.45) is 0 Å². The van der Waals surface area contributed by atoms with Crippen LogP contribution >= 0.6 is 11.3 Å². The first kappa shape index (κ1) is 21.5. The Kier molecular flexibility index (Phi) is 6.85. The van der Waals surface area contributed by atoms with Gasteiger partial charge in [0.2, 0.25) is 0 Å². The highest BCUT2D eigenvalue weighted by molar-refractivity contribution is 7.10. The van der Waals surface area contributed by atoms with Crippen LogP contribution in [0, 0.1) is 20.8 Å². The third-order valence-corrected chi connectivity index (χ3v) is 5.70. The van der Waals surface area contributed by atoms with E-state index in [-0.39, 0.29) is 23.6 Å². The van der Waals surface area contributed by atoms with Gasteiger partial charge in [0.1, 0.15) is 5.70 Å². The molecule has 0 radical (unpaired) electrons. The SMILES string of the molecule is Cc1ccc(C(=O)N/C(=C\c2cccs2)C(=O)NC(C)c2cc(C)ccc2C)cc1. The molecule has 2 aromatic carbocycles. The van der Waals surface area contributed by atoms with Gasteiger partial charge in [0, 0.05) is 10.4 Å². The summed E-state index contributed by atoms with van der Waals surface area (Å²) in [5.41, 5.74) is 5.11. The fourth-order valence-electron chi connectivity index (χ4n) is 3.15. The average Bonchev–Trinajstić information content (AvgIpc) is 3.22. The summed E-state index contributed by atoms with van der Waals surface area (Å²) < 4.78 is 0. The normalized spacial score (nSPS) is 12.3. The van der Waals surface area contributed by atoms with Crippen LogP contribution in [0.2, 0.25) is 0 Å². The predicted octanol–water partition coefficient (Wildman–Crippen LogP) is 5.32. The summed E-state index contributed by atoms with van der Waals surface area (Å²) in [5, 5.41) is 7.75. The Morgan fingerprint density at radius 2 is 1.67 bits per heavy atom. The molecule has 2 amide bonds. The molecule has 1 unspecified atom stereocenters. The first-order valence-corrected chi connectivity index (χ1v) is 10.7. The van der Waals surface area contributed by atoms with E-state index in [0.717, 1.165) is 27.1 Å². The molecule has 3 aromatic rings. The molecule has 154 valence electrons. The molecule has 4 nitrogen and oxygen atoms in total. The highest BCUT2D eigenvalue weighted by atomic mass is 32.1. The first-order chi connectivity index (χ1) is 14.3. The minimum absolute atomic E-state index is 0.194. The summed E-state index contributed by atoms with van der Waals surface area (Å²) in [6.45, 7) is 7.97. The second-order valence-corrected chi connectivity index (χ2v) is 8.43. The van der Waals surface area contributed by atoms with Crippen molar-refractivity contribution in [2.45, 2.75) is 33.7 Å². The molecule has 2 N–H and O–H groups in total. The Morgan fingerprint density at radius 1 is 0.967 bits per heavy atom. The van der Waals surface area contributed by atoms with Crippen LogP contribution in [0.25, 0.3) is 6.08 Å². The molecule has 30 heavy (non-hydrogen) atoms. The average molecular weight is 419 g/mol. The van der Waals surface area contributed by atoms with E-state index >= 15 is 0 Å². The number of carbonyl (C=O) groups is 2. The molecule has 1 aromatic heterocycles. The van der Waals surface area contributed by atoms with Gasteiger partial charge in [-0.15, -0.1) is 11.3 Å². The zero-order valence-corrected chi connectivity index (χ0v) is 18.5. The van der Waals surface area contributed by atoms with Crippen LogP contribution in [0.5, 0.6) is 0 Å². The lowest BCUT2D eigenvalue weighted by molar-refractivity contribution is -0.118. The third kappa shape index (κ3) is 5.45. The van der Waals surface area contributed by atoms with Crippen LogP contribution in [-0.2, 0) is 4.79 Å². The van der Waals surface area contributed by atoms with Gasteiger partial charge in [-0.2, -0.15) is 0 Å². The van der Waals surface area contributed by atoms with Gasteiger partial charge in [0.25, 0.3) is 11.8 Å². The smallest absolute Gasteiger partial charge is 0.268 e. The molecule has 0 saturated carbocycles. The van der Waals surface area contributed by atoms with Gasteiger partial charge in [-0.25, -0.2) is 0 Å². The Labute approximate surface area is 181 Å². The number of hydrogen-bond acceptors (Lipinski definition) is 3. The lowest BCUT2D eigenvalue weighted by Gasteiger charge is -2.19. The molecule has 0 saturated heterocycles. The van der Waals surface area contributed by atoms with Gasteiger partial charge >= 0.3 is 0 Å². The van der Waals surface area contributed by atoms with E-state index in [0.29, 0.717) is 5.56 Å². The predicted molar refractivity (Wildman–Crippen MR) is 123 cm³/mol. The molecule has 1 atom stereocenters. The number of benzene rings is 2. The van der Waals surface area contributed by atoms with Crippen molar-refractivity contribution in [3.05, 3.63) is 98.4 Å².